The third-order valence-corrected chi connectivity index (χ3v) is 4.68. The highest BCUT2D eigenvalue weighted by atomic mass is 19.1. The lowest BCUT2D eigenvalue weighted by Crippen LogP contribution is -2.29. The molecular weight excluding hydrogens is 347 g/mol. The van der Waals surface area contributed by atoms with Gasteiger partial charge in [0.25, 0.3) is 5.56 Å². The Balaban J connectivity index is 1.59. The van der Waals surface area contributed by atoms with Crippen molar-refractivity contribution < 1.29 is 9.13 Å². The summed E-state index contributed by atoms with van der Waals surface area (Å²) in [6, 6.07) is 6.46. The maximum atomic E-state index is 14.6. The van der Waals surface area contributed by atoms with E-state index in [1.807, 2.05) is 6.92 Å². The summed E-state index contributed by atoms with van der Waals surface area (Å²) in [5.41, 5.74) is 2.31. The first-order chi connectivity index (χ1) is 13.1. The van der Waals surface area contributed by atoms with Crippen LogP contribution in [0.2, 0.25) is 0 Å². The zero-order valence-electron chi connectivity index (χ0n) is 15.1. The van der Waals surface area contributed by atoms with E-state index in [9.17, 15) is 9.18 Å². The summed E-state index contributed by atoms with van der Waals surface area (Å²) in [4.78, 5) is 16.2. The minimum absolute atomic E-state index is 0.0457. The molecule has 0 radical (unpaired) electrons. The first-order valence-electron chi connectivity index (χ1n) is 9.13. The normalized spacial score (nSPS) is 14.3. The van der Waals surface area contributed by atoms with Gasteiger partial charge in [0.05, 0.1) is 30.2 Å². The van der Waals surface area contributed by atoms with Crippen molar-refractivity contribution in [1.82, 2.24) is 19.3 Å². The molecule has 0 aliphatic carbocycles. The van der Waals surface area contributed by atoms with E-state index in [2.05, 4.69) is 10.1 Å². The van der Waals surface area contributed by atoms with Crippen molar-refractivity contribution in [1.29, 1.82) is 0 Å². The van der Waals surface area contributed by atoms with E-state index in [0.29, 0.717) is 23.7 Å². The summed E-state index contributed by atoms with van der Waals surface area (Å²) < 4.78 is 23.0. The second-order valence-corrected chi connectivity index (χ2v) is 6.83. The number of pyridine rings is 2. The van der Waals surface area contributed by atoms with Crippen LogP contribution in [0.15, 0.2) is 47.7 Å². The Morgan fingerprint density at radius 2 is 2.15 bits per heavy atom. The second-order valence-electron chi connectivity index (χ2n) is 6.83. The lowest BCUT2D eigenvalue weighted by atomic mass is 10.0. The zero-order chi connectivity index (χ0) is 18.8. The number of ether oxygens (including phenoxy) is 1. The van der Waals surface area contributed by atoms with Gasteiger partial charge in [-0.3, -0.25) is 9.78 Å². The quantitative estimate of drug-likeness (QED) is 0.671. The average molecular weight is 368 g/mol. The SMILES string of the molecule is CCCn1cc(-n2ccc(-c3cnc(CC4COC4)cc3F)n2)ccc1=O. The van der Waals surface area contributed by atoms with Crippen molar-refractivity contribution in [2.24, 2.45) is 5.92 Å². The maximum Gasteiger partial charge on any atom is 0.250 e. The molecule has 3 aromatic rings. The lowest BCUT2D eigenvalue weighted by molar-refractivity contribution is -0.0316. The van der Waals surface area contributed by atoms with Gasteiger partial charge in [-0.05, 0) is 31.0 Å². The van der Waals surface area contributed by atoms with Gasteiger partial charge in [-0.15, -0.1) is 0 Å². The number of aryl methyl sites for hydroxylation is 1. The van der Waals surface area contributed by atoms with E-state index in [-0.39, 0.29) is 11.4 Å². The molecule has 3 aromatic heterocycles. The lowest BCUT2D eigenvalue weighted by Gasteiger charge is -2.25. The molecule has 0 saturated carbocycles. The number of aromatic nitrogens is 4. The molecule has 1 fully saturated rings. The van der Waals surface area contributed by atoms with E-state index in [1.165, 1.54) is 18.3 Å². The molecule has 0 N–H and O–H groups in total. The zero-order valence-corrected chi connectivity index (χ0v) is 15.1. The molecule has 27 heavy (non-hydrogen) atoms. The standard InChI is InChI=1S/C20H21FN4O2/c1-2-6-24-11-16(3-4-20(24)26)25-7-5-19(23-25)17-10-22-15(9-18(17)21)8-14-12-27-13-14/h3-5,7,9-11,14H,2,6,8,12-13H2,1H3. The summed E-state index contributed by atoms with van der Waals surface area (Å²) >= 11 is 0. The Morgan fingerprint density at radius 3 is 2.85 bits per heavy atom. The van der Waals surface area contributed by atoms with Gasteiger partial charge in [-0.1, -0.05) is 6.92 Å². The third kappa shape index (κ3) is 3.68. The smallest absolute Gasteiger partial charge is 0.250 e. The highest BCUT2D eigenvalue weighted by Gasteiger charge is 2.20. The highest BCUT2D eigenvalue weighted by Crippen LogP contribution is 2.23. The first kappa shape index (κ1) is 17.6. The highest BCUT2D eigenvalue weighted by molar-refractivity contribution is 5.58. The molecule has 0 unspecified atom stereocenters. The van der Waals surface area contributed by atoms with Crippen molar-refractivity contribution in [2.75, 3.05) is 13.2 Å². The van der Waals surface area contributed by atoms with Crippen LogP contribution in [-0.4, -0.2) is 32.5 Å². The van der Waals surface area contributed by atoms with Crippen LogP contribution < -0.4 is 5.56 Å². The van der Waals surface area contributed by atoms with Crippen molar-refractivity contribution in [3.05, 3.63) is 64.7 Å². The van der Waals surface area contributed by atoms with Crippen LogP contribution in [0.25, 0.3) is 16.9 Å². The fourth-order valence-corrected chi connectivity index (χ4v) is 3.15. The van der Waals surface area contributed by atoms with Crippen LogP contribution in [0.5, 0.6) is 0 Å². The van der Waals surface area contributed by atoms with E-state index in [4.69, 9.17) is 4.74 Å². The summed E-state index contributed by atoms with van der Waals surface area (Å²) in [5, 5.41) is 4.46. The summed E-state index contributed by atoms with van der Waals surface area (Å²) in [6.07, 6.45) is 6.65. The predicted molar refractivity (Wildman–Crippen MR) is 99.3 cm³/mol. The molecule has 140 valence electrons. The van der Waals surface area contributed by atoms with Crippen molar-refractivity contribution in [2.45, 2.75) is 26.3 Å². The largest absolute Gasteiger partial charge is 0.381 e. The van der Waals surface area contributed by atoms with Crippen LogP contribution in [0.4, 0.5) is 4.39 Å². The fraction of sp³-hybridized carbons (Fsp3) is 0.350. The van der Waals surface area contributed by atoms with Crippen molar-refractivity contribution in [3.63, 3.8) is 0 Å². The third-order valence-electron chi connectivity index (χ3n) is 4.68. The van der Waals surface area contributed by atoms with Gasteiger partial charge in [0.2, 0.25) is 0 Å². The van der Waals surface area contributed by atoms with E-state index >= 15 is 0 Å². The minimum atomic E-state index is -0.332. The Labute approximate surface area is 156 Å². The number of hydrogen-bond acceptors (Lipinski definition) is 4. The molecule has 7 heteroatoms. The molecule has 1 aliphatic heterocycles. The molecule has 1 saturated heterocycles. The summed E-state index contributed by atoms with van der Waals surface area (Å²) in [7, 11) is 0. The Morgan fingerprint density at radius 1 is 1.30 bits per heavy atom. The van der Waals surface area contributed by atoms with Crippen LogP contribution >= 0.6 is 0 Å². The van der Waals surface area contributed by atoms with Crippen molar-refractivity contribution >= 4 is 0 Å². The molecule has 0 spiro atoms. The van der Waals surface area contributed by atoms with E-state index in [1.54, 1.807) is 33.8 Å². The van der Waals surface area contributed by atoms with Gasteiger partial charge in [0.15, 0.2) is 0 Å². The number of halogens is 1. The van der Waals surface area contributed by atoms with E-state index < -0.39 is 0 Å². The van der Waals surface area contributed by atoms with Crippen LogP contribution in [0, 0.1) is 11.7 Å². The van der Waals surface area contributed by atoms with Gasteiger partial charge >= 0.3 is 0 Å². The molecule has 4 heterocycles. The minimum Gasteiger partial charge on any atom is -0.381 e. The summed E-state index contributed by atoms with van der Waals surface area (Å²) in [5.74, 6) is 0.0993. The monoisotopic (exact) mass is 368 g/mol. The Kier molecular flexibility index (Phi) is 4.85. The van der Waals surface area contributed by atoms with Gasteiger partial charge < -0.3 is 9.30 Å². The van der Waals surface area contributed by atoms with Crippen LogP contribution in [-0.2, 0) is 17.7 Å². The molecule has 1 aliphatic rings. The van der Waals surface area contributed by atoms with Crippen LogP contribution in [0.3, 0.4) is 0 Å². The Hall–Kier alpha value is -2.80. The number of rotatable bonds is 6. The topological polar surface area (TPSA) is 61.9 Å². The molecule has 4 rings (SSSR count). The number of nitrogens with zero attached hydrogens (tertiary/aromatic N) is 4. The second kappa shape index (κ2) is 7.44. The molecule has 6 nitrogen and oxygen atoms in total. The Bertz CT molecular complexity index is 1010. The van der Waals surface area contributed by atoms with Gasteiger partial charge in [-0.25, -0.2) is 9.07 Å². The van der Waals surface area contributed by atoms with Crippen LogP contribution in [0.1, 0.15) is 19.0 Å². The maximum absolute atomic E-state index is 14.6. The molecule has 0 atom stereocenters. The molecule has 0 aromatic carbocycles. The number of hydrogen-bond donors (Lipinski definition) is 0. The van der Waals surface area contributed by atoms with Gasteiger partial charge in [0, 0.05) is 42.8 Å². The van der Waals surface area contributed by atoms with Gasteiger partial charge in [-0.2, -0.15) is 5.10 Å². The molecular formula is C20H21FN4O2. The van der Waals surface area contributed by atoms with Crippen molar-refractivity contribution in [3.8, 4) is 16.9 Å². The predicted octanol–water partition coefficient (Wildman–Crippen LogP) is 2.83. The van der Waals surface area contributed by atoms with E-state index in [0.717, 1.165) is 37.4 Å². The summed E-state index contributed by atoms with van der Waals surface area (Å²) in [6.45, 7) is 4.10. The first-order valence-corrected chi connectivity index (χ1v) is 9.13. The fourth-order valence-electron chi connectivity index (χ4n) is 3.15. The molecule has 0 bridgehead atoms. The average Bonchev–Trinajstić information content (AvgIpc) is 3.10. The van der Waals surface area contributed by atoms with Gasteiger partial charge in [0.1, 0.15) is 5.82 Å². The molecule has 0 amide bonds.